The van der Waals surface area contributed by atoms with Crippen LogP contribution in [0.1, 0.15) is 30.9 Å². The molecule has 0 unspecified atom stereocenters. The molecule has 1 aliphatic heterocycles. The van der Waals surface area contributed by atoms with Crippen LogP contribution in [-0.2, 0) is 11.3 Å². The topological polar surface area (TPSA) is 44.7 Å². The normalized spacial score (nSPS) is 16.0. The Hall–Kier alpha value is -2.69. The van der Waals surface area contributed by atoms with Gasteiger partial charge in [-0.15, -0.1) is 0 Å². The lowest BCUT2D eigenvalue weighted by Gasteiger charge is -2.31. The zero-order chi connectivity index (χ0) is 20.9. The number of hydrogen-bond donors (Lipinski definition) is 1. The summed E-state index contributed by atoms with van der Waals surface area (Å²) in [5.41, 5.74) is 5.75. The highest BCUT2D eigenvalue weighted by Gasteiger charge is 2.25. The van der Waals surface area contributed by atoms with E-state index >= 15 is 0 Å². The first-order chi connectivity index (χ1) is 14.6. The molecule has 0 aromatic heterocycles. The van der Waals surface area contributed by atoms with Crippen molar-refractivity contribution in [3.05, 3.63) is 82.9 Å². The Morgan fingerprint density at radius 3 is 2.50 bits per heavy atom. The predicted octanol–water partition coefficient (Wildman–Crippen LogP) is 5.25. The van der Waals surface area contributed by atoms with Gasteiger partial charge in [-0.1, -0.05) is 66.2 Å². The molecule has 0 saturated carbocycles. The van der Waals surface area contributed by atoms with E-state index in [-0.39, 0.29) is 11.8 Å². The largest absolute Gasteiger partial charge is 0.299 e. The van der Waals surface area contributed by atoms with E-state index in [1.807, 2.05) is 43.3 Å². The number of likely N-dealkylation sites (tertiary alicyclic amines) is 1. The van der Waals surface area contributed by atoms with Crippen molar-refractivity contribution in [3.8, 4) is 0 Å². The Balaban J connectivity index is 1.31. The van der Waals surface area contributed by atoms with E-state index in [1.54, 1.807) is 0 Å². The van der Waals surface area contributed by atoms with Crippen LogP contribution in [0.5, 0.6) is 0 Å². The average Bonchev–Trinajstić information content (AvgIpc) is 2.79. The van der Waals surface area contributed by atoms with Gasteiger partial charge in [0.05, 0.1) is 5.71 Å². The van der Waals surface area contributed by atoms with Gasteiger partial charge in [0.15, 0.2) is 0 Å². The number of nitrogens with one attached hydrogen (secondary N) is 1. The maximum absolute atomic E-state index is 12.6. The molecule has 1 heterocycles. The van der Waals surface area contributed by atoms with Crippen LogP contribution in [0.2, 0.25) is 5.02 Å². The highest BCUT2D eigenvalue weighted by atomic mass is 35.5. The summed E-state index contributed by atoms with van der Waals surface area (Å²) in [5, 5.41) is 7.53. The third-order valence-corrected chi connectivity index (χ3v) is 6.18. The number of piperidine rings is 1. The van der Waals surface area contributed by atoms with Crippen LogP contribution in [-0.4, -0.2) is 29.6 Å². The van der Waals surface area contributed by atoms with Crippen molar-refractivity contribution in [1.82, 2.24) is 10.3 Å². The summed E-state index contributed by atoms with van der Waals surface area (Å²) in [6.07, 6.45) is 1.67. The monoisotopic (exact) mass is 419 g/mol. The number of hydrogen-bond acceptors (Lipinski definition) is 3. The smallest absolute Gasteiger partial charge is 0.243 e. The summed E-state index contributed by atoms with van der Waals surface area (Å²) in [7, 11) is 0. The van der Waals surface area contributed by atoms with Crippen molar-refractivity contribution in [2.24, 2.45) is 11.0 Å². The minimum Gasteiger partial charge on any atom is -0.299 e. The molecule has 0 radical (unpaired) electrons. The molecule has 4 rings (SSSR count). The fourth-order valence-corrected chi connectivity index (χ4v) is 4.13. The Bertz CT molecular complexity index is 1070. The second-order valence-corrected chi connectivity index (χ2v) is 8.28. The number of halogens is 1. The second kappa shape index (κ2) is 9.41. The maximum Gasteiger partial charge on any atom is 0.243 e. The summed E-state index contributed by atoms with van der Waals surface area (Å²) in [6, 6.07) is 22.4. The van der Waals surface area contributed by atoms with E-state index in [4.69, 9.17) is 11.6 Å². The first-order valence-electron chi connectivity index (χ1n) is 10.4. The van der Waals surface area contributed by atoms with Crippen molar-refractivity contribution < 1.29 is 4.79 Å². The van der Waals surface area contributed by atoms with E-state index in [9.17, 15) is 4.79 Å². The van der Waals surface area contributed by atoms with Gasteiger partial charge in [0.1, 0.15) is 0 Å². The van der Waals surface area contributed by atoms with Gasteiger partial charge >= 0.3 is 0 Å². The summed E-state index contributed by atoms with van der Waals surface area (Å²) in [6.45, 7) is 4.52. The predicted molar refractivity (Wildman–Crippen MR) is 124 cm³/mol. The molecule has 0 aliphatic carbocycles. The van der Waals surface area contributed by atoms with Gasteiger partial charge in [-0.25, -0.2) is 5.43 Å². The number of amides is 1. The standard InChI is InChI=1S/C25H26ClN3O/c1-18(21-11-10-19-6-2-3-7-22(19)16-21)27-28-25(30)20-12-14-29(15-13-20)17-23-8-4-5-9-24(23)26/h2-11,16,20H,12-15,17H2,1H3,(H,28,30). The van der Waals surface area contributed by atoms with E-state index < -0.39 is 0 Å². The summed E-state index contributed by atoms with van der Waals surface area (Å²) < 4.78 is 0. The molecule has 0 atom stereocenters. The molecule has 4 nitrogen and oxygen atoms in total. The van der Waals surface area contributed by atoms with Crippen LogP contribution in [0.25, 0.3) is 10.8 Å². The van der Waals surface area contributed by atoms with Crippen LogP contribution < -0.4 is 5.43 Å². The van der Waals surface area contributed by atoms with Crippen molar-refractivity contribution in [2.45, 2.75) is 26.3 Å². The number of benzene rings is 3. The van der Waals surface area contributed by atoms with Gasteiger partial charge in [0, 0.05) is 17.5 Å². The number of carbonyl (C=O) groups excluding carboxylic acids is 1. The Morgan fingerprint density at radius 1 is 1.03 bits per heavy atom. The van der Waals surface area contributed by atoms with E-state index in [1.165, 1.54) is 10.8 Å². The summed E-state index contributed by atoms with van der Waals surface area (Å²) in [4.78, 5) is 15.0. The van der Waals surface area contributed by atoms with Crippen LogP contribution >= 0.6 is 11.6 Å². The van der Waals surface area contributed by atoms with Crippen molar-refractivity contribution in [3.63, 3.8) is 0 Å². The zero-order valence-corrected chi connectivity index (χ0v) is 17.9. The van der Waals surface area contributed by atoms with E-state index in [0.717, 1.165) is 54.3 Å². The lowest BCUT2D eigenvalue weighted by Crippen LogP contribution is -2.39. The van der Waals surface area contributed by atoms with Crippen molar-refractivity contribution in [2.75, 3.05) is 13.1 Å². The number of carbonyl (C=O) groups is 1. The van der Waals surface area contributed by atoms with Crippen LogP contribution in [0.15, 0.2) is 71.8 Å². The molecule has 3 aromatic carbocycles. The fraction of sp³-hybridized carbons (Fsp3) is 0.280. The molecule has 1 N–H and O–H groups in total. The number of rotatable bonds is 5. The highest BCUT2D eigenvalue weighted by molar-refractivity contribution is 6.31. The number of nitrogens with zero attached hydrogens (tertiary/aromatic N) is 2. The molecule has 0 spiro atoms. The quantitative estimate of drug-likeness (QED) is 0.453. The molecule has 154 valence electrons. The van der Waals surface area contributed by atoms with Gasteiger partial charge in [0.2, 0.25) is 5.91 Å². The molecule has 5 heteroatoms. The molecule has 1 aliphatic rings. The minimum absolute atomic E-state index is 0.000601. The molecule has 1 amide bonds. The molecule has 1 fully saturated rings. The van der Waals surface area contributed by atoms with E-state index in [0.29, 0.717) is 0 Å². The lowest BCUT2D eigenvalue weighted by atomic mass is 9.96. The Morgan fingerprint density at radius 2 is 1.73 bits per heavy atom. The Kier molecular flexibility index (Phi) is 6.46. The fourth-order valence-electron chi connectivity index (χ4n) is 3.93. The third-order valence-electron chi connectivity index (χ3n) is 5.81. The molecule has 0 bridgehead atoms. The van der Waals surface area contributed by atoms with Gasteiger partial charge in [0.25, 0.3) is 0 Å². The van der Waals surface area contributed by atoms with Gasteiger partial charge < -0.3 is 0 Å². The van der Waals surface area contributed by atoms with E-state index in [2.05, 4.69) is 45.8 Å². The summed E-state index contributed by atoms with van der Waals surface area (Å²) >= 11 is 6.27. The molecule has 1 saturated heterocycles. The SMILES string of the molecule is CC(=NNC(=O)C1CCN(Cc2ccccc2Cl)CC1)c1ccc2ccccc2c1. The molecular weight excluding hydrogens is 394 g/mol. The average molecular weight is 420 g/mol. The molecule has 3 aromatic rings. The first kappa shape index (κ1) is 20.6. The van der Waals surface area contributed by atoms with Crippen molar-refractivity contribution in [1.29, 1.82) is 0 Å². The maximum atomic E-state index is 12.6. The lowest BCUT2D eigenvalue weighted by molar-refractivity contribution is -0.126. The Labute approximate surface area is 182 Å². The molecule has 30 heavy (non-hydrogen) atoms. The highest BCUT2D eigenvalue weighted by Crippen LogP contribution is 2.22. The zero-order valence-electron chi connectivity index (χ0n) is 17.1. The minimum atomic E-state index is 0.000601. The first-order valence-corrected chi connectivity index (χ1v) is 10.8. The molecular formula is C25H26ClN3O. The van der Waals surface area contributed by atoms with Gasteiger partial charge in [-0.05, 0) is 66.9 Å². The van der Waals surface area contributed by atoms with Crippen molar-refractivity contribution >= 4 is 34.0 Å². The van der Waals surface area contributed by atoms with Crippen LogP contribution in [0.4, 0.5) is 0 Å². The van der Waals surface area contributed by atoms with Crippen LogP contribution in [0, 0.1) is 5.92 Å². The summed E-state index contributed by atoms with van der Waals surface area (Å²) in [5.74, 6) is 0.00758. The van der Waals surface area contributed by atoms with Gasteiger partial charge in [-0.3, -0.25) is 9.69 Å². The van der Waals surface area contributed by atoms with Gasteiger partial charge in [-0.2, -0.15) is 5.10 Å². The third kappa shape index (κ3) is 4.89. The number of hydrazone groups is 1. The second-order valence-electron chi connectivity index (χ2n) is 7.88. The van der Waals surface area contributed by atoms with Crippen LogP contribution in [0.3, 0.4) is 0 Å². The number of fused-ring (bicyclic) bond motifs is 1.